The Morgan fingerprint density at radius 2 is 1.82 bits per heavy atom. The van der Waals surface area contributed by atoms with Crippen molar-refractivity contribution >= 4 is 21.5 Å². The van der Waals surface area contributed by atoms with Gasteiger partial charge in [0, 0.05) is 6.54 Å². The fourth-order valence-electron chi connectivity index (χ4n) is 2.66. The Kier molecular flexibility index (Phi) is 6.16. The molecular formula is C21H23N3O3S. The third kappa shape index (κ3) is 5.23. The molecule has 0 radical (unpaired) electrons. The minimum absolute atomic E-state index is 0.152. The predicted molar refractivity (Wildman–Crippen MR) is 111 cm³/mol. The first-order valence-corrected chi connectivity index (χ1v) is 10.5. The summed E-state index contributed by atoms with van der Waals surface area (Å²) in [6.07, 6.45) is 1.60. The Hall–Kier alpha value is -3.06. The summed E-state index contributed by atoms with van der Waals surface area (Å²) in [4.78, 5) is 4.34. The molecule has 2 N–H and O–H groups in total. The molecule has 0 aliphatic rings. The van der Waals surface area contributed by atoms with E-state index in [4.69, 9.17) is 4.74 Å². The third-order valence-corrected chi connectivity index (χ3v) is 5.40. The summed E-state index contributed by atoms with van der Waals surface area (Å²) in [5.41, 5.74) is 3.18. The first-order chi connectivity index (χ1) is 13.5. The molecule has 1 heterocycles. The Bertz CT molecular complexity index is 1020. The quantitative estimate of drug-likeness (QED) is 0.595. The van der Waals surface area contributed by atoms with Gasteiger partial charge in [0.1, 0.15) is 11.6 Å². The molecule has 7 heteroatoms. The zero-order valence-electron chi connectivity index (χ0n) is 15.8. The number of rotatable bonds is 8. The van der Waals surface area contributed by atoms with Crippen LogP contribution < -0.4 is 14.8 Å². The van der Waals surface area contributed by atoms with Gasteiger partial charge in [-0.15, -0.1) is 0 Å². The van der Waals surface area contributed by atoms with E-state index in [-0.39, 0.29) is 10.7 Å². The highest BCUT2D eigenvalue weighted by molar-refractivity contribution is 7.92. The summed E-state index contributed by atoms with van der Waals surface area (Å²) in [5.74, 6) is 0.888. The third-order valence-electron chi connectivity index (χ3n) is 4.03. The molecule has 0 saturated heterocycles. The van der Waals surface area contributed by atoms with Gasteiger partial charge in [0.15, 0.2) is 0 Å². The van der Waals surface area contributed by atoms with Crippen LogP contribution in [0.3, 0.4) is 0 Å². The summed E-state index contributed by atoms with van der Waals surface area (Å²) >= 11 is 0. The minimum Gasteiger partial charge on any atom is -0.494 e. The smallest absolute Gasteiger partial charge is 0.263 e. The Morgan fingerprint density at radius 1 is 1.04 bits per heavy atom. The highest BCUT2D eigenvalue weighted by Crippen LogP contribution is 2.19. The van der Waals surface area contributed by atoms with Gasteiger partial charge >= 0.3 is 0 Å². The molecule has 0 bridgehead atoms. The Balaban J connectivity index is 1.62. The van der Waals surface area contributed by atoms with Crippen LogP contribution in [-0.2, 0) is 16.6 Å². The predicted octanol–water partition coefficient (Wildman–Crippen LogP) is 4.20. The van der Waals surface area contributed by atoms with E-state index >= 15 is 0 Å². The van der Waals surface area contributed by atoms with Crippen LogP contribution in [-0.4, -0.2) is 20.0 Å². The fraction of sp³-hybridized carbons (Fsp3) is 0.190. The number of benzene rings is 2. The van der Waals surface area contributed by atoms with Gasteiger partial charge in [-0.25, -0.2) is 13.4 Å². The lowest BCUT2D eigenvalue weighted by Crippen LogP contribution is -2.14. The number of aromatic nitrogens is 1. The molecule has 0 atom stereocenters. The average Bonchev–Trinajstić information content (AvgIpc) is 2.68. The number of nitrogens with one attached hydrogen (secondary N) is 2. The number of nitrogens with zero attached hydrogens (tertiary/aromatic N) is 1. The SMILES string of the molecule is CCOc1ccc(S(=O)(=O)Nc2ccc(NCc3cccc(C)c3)cn2)cc1. The Morgan fingerprint density at radius 3 is 2.46 bits per heavy atom. The van der Waals surface area contributed by atoms with E-state index in [1.165, 1.54) is 23.3 Å². The van der Waals surface area contributed by atoms with Crippen LogP contribution in [0.1, 0.15) is 18.1 Å². The number of aryl methyl sites for hydroxylation is 1. The minimum atomic E-state index is -3.71. The second kappa shape index (κ2) is 8.75. The zero-order valence-corrected chi connectivity index (χ0v) is 16.7. The number of hydrogen-bond donors (Lipinski definition) is 2. The van der Waals surface area contributed by atoms with E-state index in [9.17, 15) is 8.42 Å². The average molecular weight is 398 g/mol. The normalized spacial score (nSPS) is 11.1. The maximum Gasteiger partial charge on any atom is 0.263 e. The van der Waals surface area contributed by atoms with Crippen LogP contribution in [0.25, 0.3) is 0 Å². The van der Waals surface area contributed by atoms with E-state index in [0.29, 0.717) is 18.9 Å². The van der Waals surface area contributed by atoms with Gasteiger partial charge < -0.3 is 10.1 Å². The lowest BCUT2D eigenvalue weighted by atomic mass is 10.1. The molecule has 28 heavy (non-hydrogen) atoms. The number of anilines is 2. The molecule has 0 saturated carbocycles. The topological polar surface area (TPSA) is 80.3 Å². The molecule has 1 aromatic heterocycles. The van der Waals surface area contributed by atoms with Crippen molar-refractivity contribution in [1.29, 1.82) is 0 Å². The van der Waals surface area contributed by atoms with Crippen molar-refractivity contribution in [3.8, 4) is 5.75 Å². The van der Waals surface area contributed by atoms with Crippen molar-refractivity contribution in [3.05, 3.63) is 78.0 Å². The summed E-state index contributed by atoms with van der Waals surface area (Å²) < 4.78 is 32.8. The lowest BCUT2D eigenvalue weighted by Gasteiger charge is -2.10. The van der Waals surface area contributed by atoms with Crippen LogP contribution >= 0.6 is 0 Å². The van der Waals surface area contributed by atoms with Crippen LogP contribution in [0.15, 0.2) is 71.8 Å². The fourth-order valence-corrected chi connectivity index (χ4v) is 3.67. The number of sulfonamides is 1. The molecule has 146 valence electrons. The monoisotopic (exact) mass is 397 g/mol. The standard InChI is InChI=1S/C21H23N3O3S/c1-3-27-19-8-10-20(11-9-19)28(25,26)24-21-12-7-18(15-23-21)22-14-17-6-4-5-16(2)13-17/h4-13,15,22H,3,14H2,1-2H3,(H,23,24). The van der Waals surface area contributed by atoms with E-state index in [1.807, 2.05) is 19.1 Å². The molecule has 6 nitrogen and oxygen atoms in total. The van der Waals surface area contributed by atoms with Gasteiger partial charge in [0.2, 0.25) is 0 Å². The lowest BCUT2D eigenvalue weighted by molar-refractivity contribution is 0.340. The van der Waals surface area contributed by atoms with Crippen molar-refractivity contribution in [2.45, 2.75) is 25.3 Å². The molecule has 0 unspecified atom stereocenters. The number of hydrogen-bond acceptors (Lipinski definition) is 5. The van der Waals surface area contributed by atoms with E-state index in [2.05, 4.69) is 34.1 Å². The molecule has 3 rings (SSSR count). The van der Waals surface area contributed by atoms with E-state index in [0.717, 1.165) is 5.69 Å². The highest BCUT2D eigenvalue weighted by atomic mass is 32.2. The van der Waals surface area contributed by atoms with Crippen LogP contribution in [0.4, 0.5) is 11.5 Å². The van der Waals surface area contributed by atoms with Gasteiger partial charge in [-0.3, -0.25) is 4.72 Å². The van der Waals surface area contributed by atoms with E-state index < -0.39 is 10.0 Å². The highest BCUT2D eigenvalue weighted by Gasteiger charge is 2.14. The van der Waals surface area contributed by atoms with Gasteiger partial charge in [0.25, 0.3) is 10.0 Å². The number of pyridine rings is 1. The second-order valence-corrected chi connectivity index (χ2v) is 7.97. The molecule has 3 aromatic rings. The molecule has 0 amide bonds. The first-order valence-electron chi connectivity index (χ1n) is 8.97. The van der Waals surface area contributed by atoms with E-state index in [1.54, 1.807) is 30.5 Å². The largest absolute Gasteiger partial charge is 0.494 e. The van der Waals surface area contributed by atoms with Crippen LogP contribution in [0, 0.1) is 6.92 Å². The summed E-state index contributed by atoms with van der Waals surface area (Å²) in [6.45, 7) is 5.12. The summed E-state index contributed by atoms with van der Waals surface area (Å²) in [6, 6.07) is 17.9. The molecule has 0 fully saturated rings. The molecule has 0 aliphatic carbocycles. The Labute approximate surface area is 165 Å². The van der Waals surface area contributed by atoms with Crippen molar-refractivity contribution in [2.24, 2.45) is 0 Å². The van der Waals surface area contributed by atoms with Gasteiger partial charge in [-0.05, 0) is 55.8 Å². The van der Waals surface area contributed by atoms with Gasteiger partial charge in [-0.1, -0.05) is 29.8 Å². The van der Waals surface area contributed by atoms with Crippen molar-refractivity contribution in [2.75, 3.05) is 16.6 Å². The summed E-state index contributed by atoms with van der Waals surface area (Å²) in [7, 11) is -3.71. The number of ether oxygens (including phenoxy) is 1. The molecular weight excluding hydrogens is 374 g/mol. The zero-order chi connectivity index (χ0) is 20.0. The summed E-state index contributed by atoms with van der Waals surface area (Å²) in [5, 5.41) is 3.27. The maximum absolute atomic E-state index is 12.5. The molecule has 2 aromatic carbocycles. The van der Waals surface area contributed by atoms with Crippen molar-refractivity contribution in [3.63, 3.8) is 0 Å². The maximum atomic E-state index is 12.5. The van der Waals surface area contributed by atoms with Crippen molar-refractivity contribution < 1.29 is 13.2 Å². The van der Waals surface area contributed by atoms with Crippen LogP contribution in [0.2, 0.25) is 0 Å². The van der Waals surface area contributed by atoms with Gasteiger partial charge in [0.05, 0.1) is 23.4 Å². The van der Waals surface area contributed by atoms with Crippen LogP contribution in [0.5, 0.6) is 5.75 Å². The van der Waals surface area contributed by atoms with Crippen molar-refractivity contribution in [1.82, 2.24) is 4.98 Å². The second-order valence-electron chi connectivity index (χ2n) is 6.28. The molecule has 0 spiro atoms. The van der Waals surface area contributed by atoms with Gasteiger partial charge in [-0.2, -0.15) is 0 Å². The molecule has 0 aliphatic heterocycles. The first kappa shape index (κ1) is 19.7.